The number of halogens is 1. The molecule has 29 heavy (non-hydrogen) atoms. The predicted molar refractivity (Wildman–Crippen MR) is 112 cm³/mol. The van der Waals surface area contributed by atoms with E-state index in [9.17, 15) is 9.18 Å². The Balaban J connectivity index is 1.62. The zero-order valence-electron chi connectivity index (χ0n) is 16.7. The van der Waals surface area contributed by atoms with Crippen molar-refractivity contribution in [2.45, 2.75) is 51.1 Å². The van der Waals surface area contributed by atoms with Crippen molar-refractivity contribution in [3.8, 4) is 0 Å². The summed E-state index contributed by atoms with van der Waals surface area (Å²) in [6.07, 6.45) is 8.38. The van der Waals surface area contributed by atoms with Gasteiger partial charge in [-0.1, -0.05) is 31.9 Å². The van der Waals surface area contributed by atoms with Crippen LogP contribution in [0.1, 0.15) is 44.6 Å². The molecule has 1 atom stereocenters. The van der Waals surface area contributed by atoms with E-state index in [1.165, 1.54) is 31.2 Å². The van der Waals surface area contributed by atoms with Crippen molar-refractivity contribution in [2.75, 3.05) is 22.3 Å². The Hall–Kier alpha value is -3.03. The Morgan fingerprint density at radius 3 is 2.86 bits per heavy atom. The number of rotatable bonds is 5. The zero-order valence-corrected chi connectivity index (χ0v) is 16.7. The number of hydrogen-bond acceptors (Lipinski definition) is 6. The van der Waals surface area contributed by atoms with Gasteiger partial charge in [0.05, 0.1) is 12.4 Å². The number of aromatic nitrogens is 2. The molecule has 0 radical (unpaired) electrons. The number of anilines is 3. The summed E-state index contributed by atoms with van der Waals surface area (Å²) < 4.78 is 13.3. The van der Waals surface area contributed by atoms with E-state index in [-0.39, 0.29) is 17.8 Å². The lowest BCUT2D eigenvalue weighted by Crippen LogP contribution is -2.55. The molecule has 0 saturated heterocycles. The summed E-state index contributed by atoms with van der Waals surface area (Å²) in [6, 6.07) is 6.27. The molecule has 4 rings (SSSR count). The van der Waals surface area contributed by atoms with Crippen molar-refractivity contribution >= 4 is 29.6 Å². The van der Waals surface area contributed by atoms with E-state index in [0.717, 1.165) is 25.1 Å². The summed E-state index contributed by atoms with van der Waals surface area (Å²) in [5.41, 5.74) is 4.18. The van der Waals surface area contributed by atoms with Gasteiger partial charge in [-0.3, -0.25) is 4.79 Å². The van der Waals surface area contributed by atoms with Gasteiger partial charge in [0.2, 0.25) is 11.9 Å². The molecule has 1 aliphatic heterocycles. The van der Waals surface area contributed by atoms with E-state index < -0.39 is 0 Å². The van der Waals surface area contributed by atoms with Crippen LogP contribution >= 0.6 is 0 Å². The van der Waals surface area contributed by atoms with Crippen LogP contribution in [0.25, 0.3) is 0 Å². The lowest BCUT2D eigenvalue weighted by atomic mass is 10.0. The fraction of sp³-hybridized carbons (Fsp3) is 0.429. The SMILES string of the molecule is CCC1C(=O)N(C)c2cnc(NN=Cc3cccc(F)c3)nc2N1C1CCCC1. The number of carbonyl (C=O) groups excluding carboxylic acids is 1. The molecule has 7 nitrogen and oxygen atoms in total. The van der Waals surface area contributed by atoms with E-state index in [0.29, 0.717) is 23.2 Å². The first kappa shape index (κ1) is 19.3. The van der Waals surface area contributed by atoms with Crippen molar-refractivity contribution in [2.24, 2.45) is 5.10 Å². The number of hydrazone groups is 1. The Morgan fingerprint density at radius 1 is 1.34 bits per heavy atom. The maximum Gasteiger partial charge on any atom is 0.249 e. The van der Waals surface area contributed by atoms with Crippen LogP contribution in [0.2, 0.25) is 0 Å². The smallest absolute Gasteiger partial charge is 0.249 e. The number of likely N-dealkylation sites (N-methyl/N-ethyl adjacent to an activating group) is 1. The highest BCUT2D eigenvalue weighted by Crippen LogP contribution is 2.39. The van der Waals surface area contributed by atoms with Crippen LogP contribution in [0.3, 0.4) is 0 Å². The van der Waals surface area contributed by atoms with Gasteiger partial charge in [-0.2, -0.15) is 10.1 Å². The number of nitrogens with zero attached hydrogens (tertiary/aromatic N) is 5. The minimum absolute atomic E-state index is 0.0836. The normalized spacial score (nSPS) is 19.8. The first-order valence-electron chi connectivity index (χ1n) is 10.1. The fourth-order valence-corrected chi connectivity index (χ4v) is 4.19. The number of fused-ring (bicyclic) bond motifs is 1. The largest absolute Gasteiger partial charge is 0.340 e. The number of carbonyl (C=O) groups is 1. The Bertz CT molecular complexity index is 927. The average molecular weight is 396 g/mol. The molecule has 0 bridgehead atoms. The first-order valence-corrected chi connectivity index (χ1v) is 10.1. The van der Waals surface area contributed by atoms with Crippen molar-refractivity contribution in [3.63, 3.8) is 0 Å². The molecule has 8 heteroatoms. The van der Waals surface area contributed by atoms with Crippen LogP contribution in [0.15, 0.2) is 35.6 Å². The van der Waals surface area contributed by atoms with Crippen LogP contribution in [0.4, 0.5) is 21.8 Å². The van der Waals surface area contributed by atoms with Gasteiger partial charge in [-0.05, 0) is 37.0 Å². The van der Waals surface area contributed by atoms with E-state index in [1.54, 1.807) is 30.3 Å². The second-order valence-corrected chi connectivity index (χ2v) is 7.49. The molecule has 2 heterocycles. The Labute approximate surface area is 169 Å². The average Bonchev–Trinajstić information content (AvgIpc) is 3.25. The summed E-state index contributed by atoms with van der Waals surface area (Å²) in [5, 5.41) is 4.13. The highest BCUT2D eigenvalue weighted by molar-refractivity contribution is 6.04. The molecule has 1 amide bonds. The van der Waals surface area contributed by atoms with Crippen molar-refractivity contribution in [1.82, 2.24) is 9.97 Å². The molecular weight excluding hydrogens is 371 g/mol. The number of nitrogens with one attached hydrogen (secondary N) is 1. The standard InChI is InChI=1S/C21H25FN6O/c1-3-17-20(29)27(2)18-13-23-21(25-19(18)28(17)16-9-4-5-10-16)26-24-12-14-7-6-8-15(22)11-14/h6-8,11-13,16-17H,3-5,9-10H2,1-2H3,(H,23,25,26). The number of amides is 1. The van der Waals surface area contributed by atoms with E-state index >= 15 is 0 Å². The monoisotopic (exact) mass is 396 g/mol. The molecule has 1 N–H and O–H groups in total. The van der Waals surface area contributed by atoms with E-state index in [4.69, 9.17) is 4.98 Å². The van der Waals surface area contributed by atoms with Crippen LogP contribution in [-0.2, 0) is 4.79 Å². The van der Waals surface area contributed by atoms with Gasteiger partial charge < -0.3 is 9.80 Å². The summed E-state index contributed by atoms with van der Waals surface area (Å²) in [7, 11) is 1.77. The quantitative estimate of drug-likeness (QED) is 0.618. The number of hydrogen-bond donors (Lipinski definition) is 1. The van der Waals surface area contributed by atoms with Gasteiger partial charge in [-0.25, -0.2) is 14.8 Å². The van der Waals surface area contributed by atoms with Crippen LogP contribution in [0, 0.1) is 5.82 Å². The van der Waals surface area contributed by atoms with Gasteiger partial charge in [0, 0.05) is 13.1 Å². The molecule has 1 aromatic carbocycles. The summed E-state index contributed by atoms with van der Waals surface area (Å²) in [6.45, 7) is 2.03. The topological polar surface area (TPSA) is 73.7 Å². The first-order chi connectivity index (χ1) is 14.1. The van der Waals surface area contributed by atoms with Gasteiger partial charge in [-0.15, -0.1) is 0 Å². The fourth-order valence-electron chi connectivity index (χ4n) is 4.19. The second-order valence-electron chi connectivity index (χ2n) is 7.49. The van der Waals surface area contributed by atoms with Crippen LogP contribution in [0.5, 0.6) is 0 Å². The zero-order chi connectivity index (χ0) is 20.4. The Morgan fingerprint density at radius 2 is 2.14 bits per heavy atom. The van der Waals surface area contributed by atoms with E-state index in [1.807, 2.05) is 6.92 Å². The molecule has 1 aliphatic carbocycles. The third-order valence-corrected chi connectivity index (χ3v) is 5.64. The lowest BCUT2D eigenvalue weighted by Gasteiger charge is -2.43. The summed E-state index contributed by atoms with van der Waals surface area (Å²) >= 11 is 0. The summed E-state index contributed by atoms with van der Waals surface area (Å²) in [5.74, 6) is 0.881. The highest BCUT2D eigenvalue weighted by Gasteiger charge is 2.41. The lowest BCUT2D eigenvalue weighted by molar-refractivity contribution is -0.120. The molecule has 1 fully saturated rings. The van der Waals surface area contributed by atoms with Crippen molar-refractivity contribution < 1.29 is 9.18 Å². The molecule has 1 saturated carbocycles. The highest BCUT2D eigenvalue weighted by atomic mass is 19.1. The summed E-state index contributed by atoms with van der Waals surface area (Å²) in [4.78, 5) is 25.7. The Kier molecular flexibility index (Phi) is 5.42. The minimum Gasteiger partial charge on any atom is -0.340 e. The second kappa shape index (κ2) is 8.14. The predicted octanol–water partition coefficient (Wildman–Crippen LogP) is 3.57. The molecular formula is C21H25FN6O. The third kappa shape index (κ3) is 3.79. The van der Waals surface area contributed by atoms with Gasteiger partial charge >= 0.3 is 0 Å². The van der Waals surface area contributed by atoms with Gasteiger partial charge in [0.25, 0.3) is 0 Å². The minimum atomic E-state index is -0.315. The molecule has 2 aromatic rings. The maximum absolute atomic E-state index is 13.3. The van der Waals surface area contributed by atoms with Crippen LogP contribution in [-0.4, -0.2) is 41.2 Å². The maximum atomic E-state index is 13.3. The van der Waals surface area contributed by atoms with Gasteiger partial charge in [0.15, 0.2) is 5.82 Å². The van der Waals surface area contributed by atoms with Crippen molar-refractivity contribution in [3.05, 3.63) is 41.8 Å². The number of benzene rings is 1. The third-order valence-electron chi connectivity index (χ3n) is 5.64. The molecule has 152 valence electrons. The van der Waals surface area contributed by atoms with Gasteiger partial charge in [0.1, 0.15) is 17.5 Å². The van der Waals surface area contributed by atoms with E-state index in [2.05, 4.69) is 20.4 Å². The van der Waals surface area contributed by atoms with Crippen LogP contribution < -0.4 is 15.2 Å². The molecule has 1 unspecified atom stereocenters. The molecule has 1 aromatic heterocycles. The molecule has 2 aliphatic rings. The van der Waals surface area contributed by atoms with Crippen molar-refractivity contribution in [1.29, 1.82) is 0 Å². The molecule has 0 spiro atoms.